The van der Waals surface area contributed by atoms with E-state index in [0.717, 1.165) is 37.9 Å². The minimum absolute atomic E-state index is 0.251. The SMILES string of the molecule is CC(c1ccccn1)N(C)CC1(O)CCCC1. The van der Waals surface area contributed by atoms with Gasteiger partial charge in [-0.05, 0) is 38.9 Å². The Morgan fingerprint density at radius 3 is 2.71 bits per heavy atom. The van der Waals surface area contributed by atoms with Crippen LogP contribution in [0.4, 0.5) is 0 Å². The van der Waals surface area contributed by atoms with Crippen LogP contribution in [-0.4, -0.2) is 34.2 Å². The zero-order chi connectivity index (χ0) is 12.3. The van der Waals surface area contributed by atoms with Crippen molar-refractivity contribution in [3.63, 3.8) is 0 Å². The van der Waals surface area contributed by atoms with Crippen LogP contribution < -0.4 is 0 Å². The second-order valence-electron chi connectivity index (χ2n) is 5.28. The molecule has 1 aromatic heterocycles. The first kappa shape index (κ1) is 12.5. The van der Waals surface area contributed by atoms with Crippen LogP contribution in [0.3, 0.4) is 0 Å². The van der Waals surface area contributed by atoms with Crippen LogP contribution in [0.25, 0.3) is 0 Å². The standard InChI is InChI=1S/C14H22N2O/c1-12(13-7-3-6-10-15-13)16(2)11-14(17)8-4-5-9-14/h3,6-7,10,12,17H,4-5,8-9,11H2,1-2H3. The normalized spacial score (nSPS) is 20.7. The van der Waals surface area contributed by atoms with E-state index < -0.39 is 5.60 Å². The maximum absolute atomic E-state index is 10.4. The molecule has 0 bridgehead atoms. The molecule has 17 heavy (non-hydrogen) atoms. The smallest absolute Gasteiger partial charge is 0.0774 e. The van der Waals surface area contributed by atoms with Gasteiger partial charge >= 0.3 is 0 Å². The van der Waals surface area contributed by atoms with Crippen molar-refractivity contribution in [1.29, 1.82) is 0 Å². The van der Waals surface area contributed by atoms with Crippen molar-refractivity contribution < 1.29 is 5.11 Å². The molecular weight excluding hydrogens is 212 g/mol. The molecule has 1 aromatic rings. The second kappa shape index (κ2) is 5.15. The summed E-state index contributed by atoms with van der Waals surface area (Å²) in [7, 11) is 2.07. The summed E-state index contributed by atoms with van der Waals surface area (Å²) in [5.41, 5.74) is 0.592. The number of pyridine rings is 1. The van der Waals surface area contributed by atoms with Gasteiger partial charge in [-0.1, -0.05) is 18.9 Å². The predicted molar refractivity (Wildman–Crippen MR) is 68.7 cm³/mol. The minimum atomic E-state index is -0.474. The van der Waals surface area contributed by atoms with Crippen LogP contribution in [-0.2, 0) is 0 Å². The van der Waals surface area contributed by atoms with E-state index in [1.165, 1.54) is 0 Å². The number of hydrogen-bond donors (Lipinski definition) is 1. The summed E-state index contributed by atoms with van der Waals surface area (Å²) in [5, 5.41) is 10.4. The molecule has 1 aliphatic carbocycles. The largest absolute Gasteiger partial charge is 0.389 e. The molecule has 0 radical (unpaired) electrons. The van der Waals surface area contributed by atoms with Crippen LogP contribution in [0.15, 0.2) is 24.4 Å². The van der Waals surface area contributed by atoms with Gasteiger partial charge < -0.3 is 5.11 Å². The summed E-state index contributed by atoms with van der Waals surface area (Å²) >= 11 is 0. The molecule has 3 nitrogen and oxygen atoms in total. The first-order valence-electron chi connectivity index (χ1n) is 6.44. The Morgan fingerprint density at radius 2 is 2.12 bits per heavy atom. The van der Waals surface area contributed by atoms with Crippen molar-refractivity contribution >= 4 is 0 Å². The lowest BCUT2D eigenvalue weighted by Crippen LogP contribution is -2.40. The number of nitrogens with zero attached hydrogens (tertiary/aromatic N) is 2. The first-order valence-corrected chi connectivity index (χ1v) is 6.44. The van der Waals surface area contributed by atoms with E-state index in [0.29, 0.717) is 0 Å². The molecule has 2 rings (SSSR count). The lowest BCUT2D eigenvalue weighted by atomic mass is 10.0. The summed E-state index contributed by atoms with van der Waals surface area (Å²) in [6.07, 6.45) is 6.01. The van der Waals surface area contributed by atoms with Crippen LogP contribution in [0, 0.1) is 0 Å². The van der Waals surface area contributed by atoms with Crippen molar-refractivity contribution in [2.24, 2.45) is 0 Å². The number of aromatic nitrogens is 1. The zero-order valence-corrected chi connectivity index (χ0v) is 10.8. The minimum Gasteiger partial charge on any atom is -0.389 e. The van der Waals surface area contributed by atoms with Gasteiger partial charge in [-0.25, -0.2) is 0 Å². The Kier molecular flexibility index (Phi) is 3.79. The molecule has 0 aliphatic heterocycles. The van der Waals surface area contributed by atoms with Crippen molar-refractivity contribution in [3.05, 3.63) is 30.1 Å². The van der Waals surface area contributed by atoms with Gasteiger partial charge in [-0.3, -0.25) is 9.88 Å². The summed E-state index contributed by atoms with van der Waals surface area (Å²) in [6.45, 7) is 2.88. The van der Waals surface area contributed by atoms with Gasteiger partial charge in [-0.15, -0.1) is 0 Å². The zero-order valence-electron chi connectivity index (χ0n) is 10.8. The van der Waals surface area contributed by atoms with Crippen LogP contribution in [0.1, 0.15) is 44.3 Å². The first-order chi connectivity index (χ1) is 8.11. The Labute approximate surface area is 103 Å². The van der Waals surface area contributed by atoms with Gasteiger partial charge in [0.2, 0.25) is 0 Å². The third kappa shape index (κ3) is 3.05. The Morgan fingerprint density at radius 1 is 1.41 bits per heavy atom. The van der Waals surface area contributed by atoms with Gasteiger partial charge in [0.1, 0.15) is 0 Å². The molecule has 1 aliphatic rings. The van der Waals surface area contributed by atoms with Crippen molar-refractivity contribution in [1.82, 2.24) is 9.88 Å². The highest BCUT2D eigenvalue weighted by atomic mass is 16.3. The average molecular weight is 234 g/mol. The summed E-state index contributed by atoms with van der Waals surface area (Å²) < 4.78 is 0. The van der Waals surface area contributed by atoms with Crippen molar-refractivity contribution in [3.8, 4) is 0 Å². The monoisotopic (exact) mass is 234 g/mol. The molecule has 0 spiro atoms. The van der Waals surface area contributed by atoms with Crippen molar-refractivity contribution in [2.45, 2.75) is 44.2 Å². The van der Waals surface area contributed by atoms with E-state index in [9.17, 15) is 5.11 Å². The fraction of sp³-hybridized carbons (Fsp3) is 0.643. The highest BCUT2D eigenvalue weighted by Gasteiger charge is 2.33. The Balaban J connectivity index is 1.98. The summed E-state index contributed by atoms with van der Waals surface area (Å²) in [6, 6.07) is 6.23. The maximum Gasteiger partial charge on any atom is 0.0774 e. The van der Waals surface area contributed by atoms with Gasteiger partial charge in [0.05, 0.1) is 11.3 Å². The molecule has 94 valence electrons. The van der Waals surface area contributed by atoms with E-state index in [2.05, 4.69) is 23.9 Å². The molecule has 0 aromatic carbocycles. The molecule has 0 amide bonds. The van der Waals surface area contributed by atoms with Gasteiger partial charge in [0.15, 0.2) is 0 Å². The molecule has 0 saturated heterocycles. The number of likely N-dealkylation sites (N-methyl/N-ethyl adjacent to an activating group) is 1. The Hall–Kier alpha value is -0.930. The van der Waals surface area contributed by atoms with Crippen molar-refractivity contribution in [2.75, 3.05) is 13.6 Å². The van der Waals surface area contributed by atoms with E-state index in [1.54, 1.807) is 0 Å². The third-order valence-electron chi connectivity index (χ3n) is 3.85. The molecule has 3 heteroatoms. The third-order valence-corrected chi connectivity index (χ3v) is 3.85. The van der Waals surface area contributed by atoms with Gasteiger partial charge in [0.25, 0.3) is 0 Å². The van der Waals surface area contributed by atoms with E-state index in [4.69, 9.17) is 0 Å². The molecule has 1 fully saturated rings. The summed E-state index contributed by atoms with van der Waals surface area (Å²) in [5.74, 6) is 0. The van der Waals surface area contributed by atoms with Gasteiger partial charge in [-0.2, -0.15) is 0 Å². The molecule has 1 atom stereocenters. The molecule has 1 saturated carbocycles. The highest BCUT2D eigenvalue weighted by Crippen LogP contribution is 2.31. The van der Waals surface area contributed by atoms with Crippen LogP contribution >= 0.6 is 0 Å². The lowest BCUT2D eigenvalue weighted by molar-refractivity contribution is 0.00653. The molecular formula is C14H22N2O. The van der Waals surface area contributed by atoms with E-state index in [1.807, 2.05) is 24.4 Å². The van der Waals surface area contributed by atoms with Gasteiger partial charge in [0, 0.05) is 18.8 Å². The fourth-order valence-corrected chi connectivity index (χ4v) is 2.64. The van der Waals surface area contributed by atoms with E-state index >= 15 is 0 Å². The molecule has 1 N–H and O–H groups in total. The fourth-order valence-electron chi connectivity index (χ4n) is 2.64. The second-order valence-corrected chi connectivity index (χ2v) is 5.28. The number of aliphatic hydroxyl groups is 1. The number of rotatable bonds is 4. The predicted octanol–water partition coefficient (Wildman–Crippen LogP) is 2.38. The molecule has 1 unspecified atom stereocenters. The van der Waals surface area contributed by atoms with E-state index in [-0.39, 0.29) is 6.04 Å². The number of hydrogen-bond acceptors (Lipinski definition) is 3. The molecule has 1 heterocycles. The average Bonchev–Trinajstić information content (AvgIpc) is 2.76. The Bertz CT molecular complexity index is 346. The summed E-state index contributed by atoms with van der Waals surface area (Å²) in [4.78, 5) is 6.58. The quantitative estimate of drug-likeness (QED) is 0.869. The van der Waals surface area contributed by atoms with Crippen LogP contribution in [0.2, 0.25) is 0 Å². The maximum atomic E-state index is 10.4. The highest BCUT2D eigenvalue weighted by molar-refractivity contribution is 5.08. The van der Waals surface area contributed by atoms with Crippen LogP contribution in [0.5, 0.6) is 0 Å². The topological polar surface area (TPSA) is 36.4 Å². The lowest BCUT2D eigenvalue weighted by Gasteiger charge is -2.32.